The molecule has 0 saturated carbocycles. The van der Waals surface area contributed by atoms with E-state index >= 15 is 0 Å². The quantitative estimate of drug-likeness (QED) is 0.546. The molecule has 1 unspecified atom stereocenters. The summed E-state index contributed by atoms with van der Waals surface area (Å²) in [6, 6.07) is 3.68. The molecular formula is C14H16O6S. The fraction of sp³-hybridized carbons (Fsp3) is 0.357. The molecule has 0 aliphatic rings. The number of aromatic carboxylic acids is 2. The Kier molecular flexibility index (Phi) is 6.23. The van der Waals surface area contributed by atoms with E-state index in [1.165, 1.54) is 12.1 Å². The summed E-state index contributed by atoms with van der Waals surface area (Å²) in [4.78, 5) is 33.2. The predicted octanol–water partition coefficient (Wildman–Crippen LogP) is 2.04. The molecule has 0 amide bonds. The highest BCUT2D eigenvalue weighted by atomic mass is 32.1. The molecule has 0 spiro atoms. The zero-order chi connectivity index (χ0) is 16.0. The fourth-order valence-electron chi connectivity index (χ4n) is 1.99. The lowest BCUT2D eigenvalue weighted by atomic mass is 9.93. The minimum Gasteiger partial charge on any atom is -0.481 e. The van der Waals surface area contributed by atoms with Crippen LogP contribution in [0.3, 0.4) is 0 Å². The molecule has 0 aliphatic heterocycles. The van der Waals surface area contributed by atoms with E-state index in [1.54, 1.807) is 0 Å². The third-order valence-electron chi connectivity index (χ3n) is 3.03. The average molecular weight is 312 g/mol. The maximum Gasteiger partial charge on any atom is 0.335 e. The monoisotopic (exact) mass is 312 g/mol. The topological polar surface area (TPSA) is 112 Å². The van der Waals surface area contributed by atoms with Crippen LogP contribution < -0.4 is 0 Å². The van der Waals surface area contributed by atoms with Crippen molar-refractivity contribution in [1.29, 1.82) is 0 Å². The Morgan fingerprint density at radius 2 is 1.52 bits per heavy atom. The van der Waals surface area contributed by atoms with Gasteiger partial charge in [-0.25, -0.2) is 9.59 Å². The summed E-state index contributed by atoms with van der Waals surface area (Å²) in [6.07, 6.45) is 1.10. The smallest absolute Gasteiger partial charge is 0.335 e. The number of hydrogen-bond acceptors (Lipinski definition) is 4. The Morgan fingerprint density at radius 1 is 1.00 bits per heavy atom. The first-order valence-corrected chi connectivity index (χ1v) is 6.92. The normalized spacial score (nSPS) is 11.9. The van der Waals surface area contributed by atoms with E-state index < -0.39 is 23.8 Å². The summed E-state index contributed by atoms with van der Waals surface area (Å²) in [5.41, 5.74) is 0.0605. The molecule has 1 aromatic rings. The van der Waals surface area contributed by atoms with Gasteiger partial charge in [-0.2, -0.15) is 12.6 Å². The summed E-state index contributed by atoms with van der Waals surface area (Å²) in [7, 11) is 0. The molecule has 6 nitrogen and oxygen atoms in total. The summed E-state index contributed by atoms with van der Waals surface area (Å²) in [5.74, 6) is -3.63. The second-order valence-corrected chi connectivity index (χ2v) is 5.08. The second kappa shape index (κ2) is 7.68. The standard InChI is InChI=1S/C14H16O6S/c15-12(16)9(2-1-3-21)4-8-5-10(13(17)18)7-11(6-8)14(19)20/h5-7,9,21H,1-4H2,(H,15,16)(H,17,18)(H,19,20). The van der Waals surface area contributed by atoms with Gasteiger partial charge >= 0.3 is 17.9 Å². The van der Waals surface area contributed by atoms with E-state index in [-0.39, 0.29) is 17.5 Å². The lowest BCUT2D eigenvalue weighted by molar-refractivity contribution is -0.141. The number of carboxylic acids is 3. The number of aliphatic carboxylic acids is 1. The molecule has 114 valence electrons. The number of thiol groups is 1. The summed E-state index contributed by atoms with van der Waals surface area (Å²) >= 11 is 4.03. The van der Waals surface area contributed by atoms with E-state index in [2.05, 4.69) is 12.6 Å². The van der Waals surface area contributed by atoms with Crippen LogP contribution in [0, 0.1) is 5.92 Å². The Morgan fingerprint density at radius 3 is 1.90 bits per heavy atom. The number of hydrogen-bond donors (Lipinski definition) is 4. The Hall–Kier alpha value is -2.02. The maximum atomic E-state index is 11.2. The van der Waals surface area contributed by atoms with Gasteiger partial charge in [-0.1, -0.05) is 0 Å². The lowest BCUT2D eigenvalue weighted by Crippen LogP contribution is -2.17. The lowest BCUT2D eigenvalue weighted by Gasteiger charge is -2.13. The molecule has 1 atom stereocenters. The van der Waals surface area contributed by atoms with Gasteiger partial charge in [-0.3, -0.25) is 4.79 Å². The molecule has 0 heterocycles. The van der Waals surface area contributed by atoms with Crippen LogP contribution in [0.5, 0.6) is 0 Å². The molecule has 0 aromatic heterocycles. The van der Waals surface area contributed by atoms with E-state index in [1.807, 2.05) is 0 Å². The molecule has 3 N–H and O–H groups in total. The van der Waals surface area contributed by atoms with Gasteiger partial charge in [0.25, 0.3) is 0 Å². The van der Waals surface area contributed by atoms with Gasteiger partial charge in [0.2, 0.25) is 0 Å². The highest BCUT2D eigenvalue weighted by molar-refractivity contribution is 7.80. The molecule has 0 fully saturated rings. The van der Waals surface area contributed by atoms with Crippen LogP contribution in [0.25, 0.3) is 0 Å². The van der Waals surface area contributed by atoms with Crippen molar-refractivity contribution in [1.82, 2.24) is 0 Å². The molecular weight excluding hydrogens is 296 g/mol. The van der Waals surface area contributed by atoms with Crippen molar-refractivity contribution >= 4 is 30.5 Å². The SMILES string of the molecule is O=C(O)c1cc(CC(CCCS)C(=O)O)cc(C(=O)O)c1. The number of carbonyl (C=O) groups is 3. The average Bonchev–Trinajstić information content (AvgIpc) is 2.42. The fourth-order valence-corrected chi connectivity index (χ4v) is 2.17. The highest BCUT2D eigenvalue weighted by Crippen LogP contribution is 2.18. The van der Waals surface area contributed by atoms with Crippen molar-refractivity contribution in [2.24, 2.45) is 5.92 Å². The van der Waals surface area contributed by atoms with Crippen LogP contribution in [0.15, 0.2) is 18.2 Å². The highest BCUT2D eigenvalue weighted by Gasteiger charge is 2.19. The third kappa shape index (κ3) is 5.11. The maximum absolute atomic E-state index is 11.2. The Labute approximate surface area is 126 Å². The zero-order valence-electron chi connectivity index (χ0n) is 11.2. The van der Waals surface area contributed by atoms with Crippen LogP contribution in [-0.2, 0) is 11.2 Å². The van der Waals surface area contributed by atoms with Crippen LogP contribution in [0.4, 0.5) is 0 Å². The number of benzene rings is 1. The van der Waals surface area contributed by atoms with Crippen molar-refractivity contribution in [3.05, 3.63) is 34.9 Å². The van der Waals surface area contributed by atoms with E-state index in [0.29, 0.717) is 24.2 Å². The van der Waals surface area contributed by atoms with Gasteiger partial charge in [0.15, 0.2) is 0 Å². The predicted molar refractivity (Wildman–Crippen MR) is 78.3 cm³/mol. The van der Waals surface area contributed by atoms with Crippen molar-refractivity contribution in [3.63, 3.8) is 0 Å². The van der Waals surface area contributed by atoms with Crippen molar-refractivity contribution in [3.8, 4) is 0 Å². The van der Waals surface area contributed by atoms with Gasteiger partial charge in [0.05, 0.1) is 17.0 Å². The molecule has 0 saturated heterocycles. The summed E-state index contributed by atoms with van der Waals surface area (Å²) in [6.45, 7) is 0. The molecule has 0 radical (unpaired) electrons. The largest absolute Gasteiger partial charge is 0.481 e. The summed E-state index contributed by atoms with van der Waals surface area (Å²) < 4.78 is 0. The minimum atomic E-state index is -1.25. The van der Waals surface area contributed by atoms with Gasteiger partial charge in [0, 0.05) is 0 Å². The molecule has 1 rings (SSSR count). The Balaban J connectivity index is 3.07. The van der Waals surface area contributed by atoms with Crippen LogP contribution >= 0.6 is 12.6 Å². The van der Waals surface area contributed by atoms with E-state index in [0.717, 1.165) is 6.07 Å². The van der Waals surface area contributed by atoms with Crippen LogP contribution in [-0.4, -0.2) is 39.0 Å². The first-order valence-electron chi connectivity index (χ1n) is 6.29. The van der Waals surface area contributed by atoms with E-state index in [9.17, 15) is 14.4 Å². The molecule has 0 aliphatic carbocycles. The number of carboxylic acid groups (broad SMARTS) is 3. The van der Waals surface area contributed by atoms with E-state index in [4.69, 9.17) is 15.3 Å². The summed E-state index contributed by atoms with van der Waals surface area (Å²) in [5, 5.41) is 27.1. The first-order chi connectivity index (χ1) is 9.85. The minimum absolute atomic E-state index is 0.0878. The number of rotatable bonds is 8. The van der Waals surface area contributed by atoms with Crippen molar-refractivity contribution in [2.75, 3.05) is 5.75 Å². The molecule has 7 heteroatoms. The van der Waals surface area contributed by atoms with Gasteiger partial charge in [-0.15, -0.1) is 0 Å². The first kappa shape index (κ1) is 17.0. The van der Waals surface area contributed by atoms with Gasteiger partial charge in [0.1, 0.15) is 0 Å². The van der Waals surface area contributed by atoms with Crippen LogP contribution in [0.1, 0.15) is 39.1 Å². The molecule has 0 bridgehead atoms. The second-order valence-electron chi connectivity index (χ2n) is 4.63. The third-order valence-corrected chi connectivity index (χ3v) is 3.34. The zero-order valence-corrected chi connectivity index (χ0v) is 12.0. The van der Waals surface area contributed by atoms with Crippen molar-refractivity contribution < 1.29 is 29.7 Å². The molecule has 21 heavy (non-hydrogen) atoms. The van der Waals surface area contributed by atoms with Crippen LogP contribution in [0.2, 0.25) is 0 Å². The Bertz CT molecular complexity index is 522. The molecule has 1 aromatic carbocycles. The van der Waals surface area contributed by atoms with Crippen molar-refractivity contribution in [2.45, 2.75) is 19.3 Å². The van der Waals surface area contributed by atoms with Gasteiger partial charge < -0.3 is 15.3 Å². The van der Waals surface area contributed by atoms with Gasteiger partial charge in [-0.05, 0) is 48.8 Å².